The zero-order chi connectivity index (χ0) is 18.6. The van der Waals surface area contributed by atoms with Crippen LogP contribution in [0.2, 0.25) is 0 Å². The molecule has 1 fully saturated rings. The molecule has 2 aromatic rings. The van der Waals surface area contributed by atoms with E-state index in [1.807, 2.05) is 0 Å². The summed E-state index contributed by atoms with van der Waals surface area (Å²) in [6, 6.07) is 7.46. The Labute approximate surface area is 149 Å². The largest absolute Gasteiger partial charge is 0.284 e. The predicted molar refractivity (Wildman–Crippen MR) is 93.2 cm³/mol. The number of likely N-dealkylation sites (tertiary alicyclic amines) is 1. The number of amides is 4. The summed E-state index contributed by atoms with van der Waals surface area (Å²) in [7, 11) is 1.36. The lowest BCUT2D eigenvalue weighted by Crippen LogP contribution is -2.57. The molecule has 1 saturated heterocycles. The van der Waals surface area contributed by atoms with E-state index in [9.17, 15) is 19.2 Å². The summed E-state index contributed by atoms with van der Waals surface area (Å²) in [6.07, 6.45) is 5.71. The molecule has 2 aliphatic heterocycles. The second-order valence-electron chi connectivity index (χ2n) is 6.40. The lowest BCUT2D eigenvalue weighted by Gasteiger charge is -2.37. The lowest BCUT2D eigenvalue weighted by atomic mass is 9.90. The maximum Gasteiger partial charge on any atom is 0.262 e. The van der Waals surface area contributed by atoms with Crippen LogP contribution in [0.5, 0.6) is 0 Å². The van der Waals surface area contributed by atoms with Crippen molar-refractivity contribution in [1.82, 2.24) is 9.80 Å². The van der Waals surface area contributed by atoms with Crippen LogP contribution in [0.25, 0.3) is 10.8 Å². The van der Waals surface area contributed by atoms with Gasteiger partial charge in [-0.25, -0.2) is 0 Å². The molecule has 0 saturated carbocycles. The number of likely N-dealkylation sites (N-methyl/N-ethyl adjacent to an activating group) is 1. The summed E-state index contributed by atoms with van der Waals surface area (Å²) >= 11 is 0. The van der Waals surface area contributed by atoms with Crippen molar-refractivity contribution in [3.8, 4) is 12.3 Å². The molecule has 4 amide bonds. The highest BCUT2D eigenvalue weighted by Crippen LogP contribution is 2.33. The van der Waals surface area contributed by atoms with Crippen molar-refractivity contribution in [1.29, 1.82) is 0 Å². The smallest absolute Gasteiger partial charge is 0.262 e. The number of hydrogen-bond acceptors (Lipinski definition) is 4. The maximum absolute atomic E-state index is 13.1. The van der Waals surface area contributed by atoms with Crippen LogP contribution in [0.1, 0.15) is 39.1 Å². The van der Waals surface area contributed by atoms with Crippen LogP contribution >= 0.6 is 0 Å². The van der Waals surface area contributed by atoms with E-state index >= 15 is 0 Å². The molecule has 0 aromatic heterocycles. The third kappa shape index (κ3) is 2.07. The lowest BCUT2D eigenvalue weighted by molar-refractivity contribution is -0.149. The van der Waals surface area contributed by atoms with Gasteiger partial charge in [-0.15, -0.1) is 6.42 Å². The topological polar surface area (TPSA) is 74.8 Å². The first-order valence-electron chi connectivity index (χ1n) is 8.15. The highest BCUT2D eigenvalue weighted by atomic mass is 16.2. The number of rotatable bonds is 1. The number of carbonyl (C=O) groups is 4. The SMILES string of the molecule is C#Cc1cc2c3c(cccc3c1)C(=O)N(C1CCC(=O)N(C)C1=O)C2=O. The van der Waals surface area contributed by atoms with Gasteiger partial charge in [-0.05, 0) is 30.0 Å². The van der Waals surface area contributed by atoms with Crippen molar-refractivity contribution in [2.75, 3.05) is 7.05 Å². The first-order valence-corrected chi connectivity index (χ1v) is 8.15. The standard InChI is InChI=1S/C20H14N2O4/c1-3-11-9-12-5-4-6-13-17(12)14(10-11)19(25)22(18(13)24)15-7-8-16(23)21(2)20(15)26/h1,4-6,9-10,15H,7-8H2,2H3. The molecule has 128 valence electrons. The highest BCUT2D eigenvalue weighted by Gasteiger charge is 2.44. The second kappa shape index (κ2) is 5.53. The minimum atomic E-state index is -0.990. The van der Waals surface area contributed by atoms with Crippen LogP contribution in [-0.2, 0) is 9.59 Å². The molecule has 4 rings (SSSR count). The van der Waals surface area contributed by atoms with Gasteiger partial charge in [0.05, 0.1) is 0 Å². The van der Waals surface area contributed by atoms with E-state index in [1.54, 1.807) is 30.3 Å². The van der Waals surface area contributed by atoms with Crippen LogP contribution in [0.3, 0.4) is 0 Å². The van der Waals surface area contributed by atoms with Gasteiger partial charge < -0.3 is 0 Å². The molecule has 0 bridgehead atoms. The summed E-state index contributed by atoms with van der Waals surface area (Å²) < 4.78 is 0. The van der Waals surface area contributed by atoms with E-state index in [0.717, 1.165) is 9.80 Å². The average molecular weight is 346 g/mol. The van der Waals surface area contributed by atoms with Crippen molar-refractivity contribution >= 4 is 34.4 Å². The molecule has 0 N–H and O–H groups in total. The van der Waals surface area contributed by atoms with Gasteiger partial charge in [-0.2, -0.15) is 0 Å². The van der Waals surface area contributed by atoms with Crippen molar-refractivity contribution < 1.29 is 19.2 Å². The fraction of sp³-hybridized carbons (Fsp3) is 0.200. The van der Waals surface area contributed by atoms with Gasteiger partial charge in [-0.1, -0.05) is 18.1 Å². The second-order valence-corrected chi connectivity index (χ2v) is 6.40. The molecule has 2 aliphatic rings. The van der Waals surface area contributed by atoms with Crippen molar-refractivity contribution in [2.45, 2.75) is 18.9 Å². The van der Waals surface area contributed by atoms with Gasteiger partial charge in [0.2, 0.25) is 5.91 Å². The molecule has 0 spiro atoms. The molecule has 0 aliphatic carbocycles. The molecule has 2 aromatic carbocycles. The monoisotopic (exact) mass is 346 g/mol. The van der Waals surface area contributed by atoms with E-state index in [0.29, 0.717) is 27.5 Å². The summed E-state index contributed by atoms with van der Waals surface area (Å²) in [6.45, 7) is 0. The van der Waals surface area contributed by atoms with Gasteiger partial charge in [0.25, 0.3) is 17.7 Å². The Morgan fingerprint density at radius 1 is 1.08 bits per heavy atom. The number of benzene rings is 2. The number of hydrogen-bond donors (Lipinski definition) is 0. The normalized spacial score (nSPS) is 19.9. The van der Waals surface area contributed by atoms with Gasteiger partial charge in [0.1, 0.15) is 6.04 Å². The van der Waals surface area contributed by atoms with Crippen LogP contribution in [0, 0.1) is 12.3 Å². The minimum Gasteiger partial charge on any atom is -0.284 e. The van der Waals surface area contributed by atoms with E-state index in [4.69, 9.17) is 6.42 Å². The quantitative estimate of drug-likeness (QED) is 0.580. The Bertz CT molecular complexity index is 1060. The summed E-state index contributed by atoms with van der Waals surface area (Å²) in [5.74, 6) is 0.557. The molecule has 1 atom stereocenters. The molecule has 2 heterocycles. The Balaban J connectivity index is 1.90. The number of carbonyl (C=O) groups excluding carboxylic acids is 4. The van der Waals surface area contributed by atoms with Crippen LogP contribution < -0.4 is 0 Å². The van der Waals surface area contributed by atoms with Crippen molar-refractivity contribution in [2.24, 2.45) is 0 Å². The predicted octanol–water partition coefficient (Wildman–Crippen LogP) is 1.56. The minimum absolute atomic E-state index is 0.103. The maximum atomic E-state index is 13.1. The average Bonchev–Trinajstić information content (AvgIpc) is 2.65. The summed E-state index contributed by atoms with van der Waals surface area (Å²) in [5, 5.41) is 1.25. The third-order valence-electron chi connectivity index (χ3n) is 4.98. The van der Waals surface area contributed by atoms with E-state index < -0.39 is 23.8 Å². The first-order chi connectivity index (χ1) is 12.4. The molecule has 0 radical (unpaired) electrons. The van der Waals surface area contributed by atoms with Crippen molar-refractivity contribution in [3.63, 3.8) is 0 Å². The van der Waals surface area contributed by atoms with Gasteiger partial charge in [0, 0.05) is 35.5 Å². The first kappa shape index (κ1) is 16.0. The number of nitrogens with zero attached hydrogens (tertiary/aromatic N) is 2. The number of piperidine rings is 1. The van der Waals surface area contributed by atoms with Gasteiger partial charge in [-0.3, -0.25) is 29.0 Å². The zero-order valence-electron chi connectivity index (χ0n) is 14.0. The van der Waals surface area contributed by atoms with E-state index in [-0.39, 0.29) is 18.7 Å². The van der Waals surface area contributed by atoms with E-state index in [1.165, 1.54) is 7.05 Å². The fourth-order valence-electron chi connectivity index (χ4n) is 3.63. The zero-order valence-corrected chi connectivity index (χ0v) is 14.0. The molecular formula is C20H14N2O4. The Morgan fingerprint density at radius 3 is 2.54 bits per heavy atom. The van der Waals surface area contributed by atoms with Crippen LogP contribution in [0.15, 0.2) is 30.3 Å². The van der Waals surface area contributed by atoms with Crippen LogP contribution in [0.4, 0.5) is 0 Å². The Hall–Kier alpha value is -3.46. The molecule has 26 heavy (non-hydrogen) atoms. The number of imide groups is 2. The molecule has 6 heteroatoms. The van der Waals surface area contributed by atoms with Gasteiger partial charge >= 0.3 is 0 Å². The van der Waals surface area contributed by atoms with Crippen LogP contribution in [-0.4, -0.2) is 46.5 Å². The molecule has 6 nitrogen and oxygen atoms in total. The van der Waals surface area contributed by atoms with Gasteiger partial charge in [0.15, 0.2) is 0 Å². The molecule has 1 unspecified atom stereocenters. The molecular weight excluding hydrogens is 332 g/mol. The highest BCUT2D eigenvalue weighted by molar-refractivity contribution is 6.27. The van der Waals surface area contributed by atoms with Crippen molar-refractivity contribution in [3.05, 3.63) is 47.0 Å². The number of terminal acetylenes is 1. The summed E-state index contributed by atoms with van der Waals surface area (Å²) in [4.78, 5) is 52.3. The Morgan fingerprint density at radius 2 is 1.81 bits per heavy atom. The fourth-order valence-corrected chi connectivity index (χ4v) is 3.63. The Kier molecular flexibility index (Phi) is 3.41. The van der Waals surface area contributed by atoms with E-state index in [2.05, 4.69) is 5.92 Å². The third-order valence-corrected chi connectivity index (χ3v) is 4.98. The summed E-state index contributed by atoms with van der Waals surface area (Å²) in [5.41, 5.74) is 1.18.